The maximum atomic E-state index is 8.79. The average molecular weight is 711 g/mol. The highest BCUT2D eigenvalue weighted by Crippen LogP contribution is 2.44. The molecule has 2 aromatic heterocycles. The number of para-hydroxylation sites is 3. The molecule has 11 aromatic rings. The normalized spacial score (nSPS) is 13.4. The predicted octanol–water partition coefficient (Wildman–Crippen LogP) is 15.1. The number of hydrogen-bond donors (Lipinski definition) is 0. The van der Waals surface area contributed by atoms with Crippen molar-refractivity contribution in [3.63, 3.8) is 0 Å². The van der Waals surface area contributed by atoms with Gasteiger partial charge in [0, 0.05) is 33.1 Å². The molecule has 0 fully saturated rings. The van der Waals surface area contributed by atoms with Gasteiger partial charge in [0.2, 0.25) is 0 Å². The minimum atomic E-state index is -0.472. The SMILES string of the molecule is [2H]c1c([2H])c([2H])c2c(-c3ccc(-c4ccc(N(c5ccc(-c6cccc7c6oc6ccccc67)cc5)c5cccc6oc7ccccc7c56)cc4)cc3)c([2H])c([2H])c([2H])c2c1[2H]. The van der Waals surface area contributed by atoms with Crippen LogP contribution in [0, 0.1) is 0 Å². The van der Waals surface area contributed by atoms with Crippen LogP contribution in [0.1, 0.15) is 9.60 Å². The van der Waals surface area contributed by atoms with Crippen LogP contribution in [0.5, 0.6) is 0 Å². The third kappa shape index (κ3) is 5.20. The van der Waals surface area contributed by atoms with E-state index in [0.717, 1.165) is 83.2 Å². The summed E-state index contributed by atoms with van der Waals surface area (Å²) in [5, 5.41) is 4.19. The lowest BCUT2D eigenvalue weighted by Crippen LogP contribution is -2.10. The van der Waals surface area contributed by atoms with E-state index in [2.05, 4.69) is 89.8 Å². The molecule has 0 aliphatic heterocycles. The lowest BCUT2D eigenvalue weighted by Gasteiger charge is -2.26. The molecule has 0 amide bonds. The van der Waals surface area contributed by atoms with Crippen LogP contribution in [-0.2, 0) is 0 Å². The van der Waals surface area contributed by atoms with Gasteiger partial charge in [-0.15, -0.1) is 0 Å². The summed E-state index contributed by atoms with van der Waals surface area (Å²) >= 11 is 0. The summed E-state index contributed by atoms with van der Waals surface area (Å²) in [7, 11) is 0. The van der Waals surface area contributed by atoms with E-state index < -0.39 is 12.1 Å². The van der Waals surface area contributed by atoms with Crippen LogP contribution in [0.25, 0.3) is 88.0 Å². The molecule has 258 valence electrons. The van der Waals surface area contributed by atoms with Crippen molar-refractivity contribution in [1.29, 1.82) is 0 Å². The molecule has 0 radical (unpaired) electrons. The van der Waals surface area contributed by atoms with E-state index in [1.807, 2.05) is 60.7 Å². The maximum Gasteiger partial charge on any atom is 0.143 e. The van der Waals surface area contributed by atoms with Crippen molar-refractivity contribution in [2.45, 2.75) is 0 Å². The minimum Gasteiger partial charge on any atom is -0.456 e. The van der Waals surface area contributed by atoms with Gasteiger partial charge in [0.25, 0.3) is 0 Å². The Hall–Kier alpha value is -7.36. The molecule has 0 atom stereocenters. The monoisotopic (exact) mass is 710 g/mol. The van der Waals surface area contributed by atoms with Crippen LogP contribution in [0.4, 0.5) is 17.1 Å². The van der Waals surface area contributed by atoms with E-state index >= 15 is 0 Å². The van der Waals surface area contributed by atoms with E-state index in [4.69, 9.17) is 18.4 Å². The molecule has 11 rings (SSSR count). The summed E-state index contributed by atoms with van der Waals surface area (Å²) in [6.45, 7) is 0. The molecular formula is C52H33NO2. The Morgan fingerprint density at radius 3 is 1.73 bits per heavy atom. The van der Waals surface area contributed by atoms with Gasteiger partial charge in [-0.05, 0) is 87.1 Å². The van der Waals surface area contributed by atoms with Gasteiger partial charge in [-0.1, -0.05) is 151 Å². The minimum absolute atomic E-state index is 0.0615. The van der Waals surface area contributed by atoms with Crippen LogP contribution in [0.2, 0.25) is 0 Å². The van der Waals surface area contributed by atoms with E-state index in [1.165, 1.54) is 0 Å². The Morgan fingerprint density at radius 2 is 0.945 bits per heavy atom. The molecule has 3 nitrogen and oxygen atoms in total. The van der Waals surface area contributed by atoms with Crippen LogP contribution in [-0.4, -0.2) is 0 Å². The van der Waals surface area contributed by atoms with Crippen molar-refractivity contribution in [2.75, 3.05) is 4.90 Å². The van der Waals surface area contributed by atoms with Crippen molar-refractivity contribution in [3.8, 4) is 33.4 Å². The summed E-state index contributed by atoms with van der Waals surface area (Å²) in [4.78, 5) is 2.24. The van der Waals surface area contributed by atoms with Crippen LogP contribution >= 0.6 is 0 Å². The molecule has 9 aromatic carbocycles. The maximum absolute atomic E-state index is 8.79. The highest BCUT2D eigenvalue weighted by atomic mass is 16.3. The largest absolute Gasteiger partial charge is 0.456 e. The Bertz CT molecular complexity index is 3590. The molecule has 0 saturated heterocycles. The number of anilines is 3. The van der Waals surface area contributed by atoms with Crippen molar-refractivity contribution in [1.82, 2.24) is 0 Å². The van der Waals surface area contributed by atoms with E-state index in [-0.39, 0.29) is 46.5 Å². The first-order valence-electron chi connectivity index (χ1n) is 21.6. The molecule has 0 aliphatic carbocycles. The molecule has 2 heterocycles. The Labute approximate surface area is 327 Å². The second kappa shape index (κ2) is 12.6. The van der Waals surface area contributed by atoms with E-state index in [9.17, 15) is 0 Å². The van der Waals surface area contributed by atoms with Gasteiger partial charge >= 0.3 is 0 Å². The molecule has 0 saturated carbocycles. The van der Waals surface area contributed by atoms with Crippen molar-refractivity contribution < 1.29 is 18.4 Å². The molecule has 0 bridgehead atoms. The molecule has 55 heavy (non-hydrogen) atoms. The van der Waals surface area contributed by atoms with Gasteiger partial charge in [0.05, 0.1) is 20.7 Å². The van der Waals surface area contributed by atoms with Gasteiger partial charge in [-0.2, -0.15) is 0 Å². The number of benzene rings is 9. The Kier molecular flexibility index (Phi) is 5.70. The molecule has 3 heteroatoms. The van der Waals surface area contributed by atoms with Gasteiger partial charge in [0.1, 0.15) is 22.3 Å². The second-order valence-electron chi connectivity index (χ2n) is 13.5. The third-order valence-corrected chi connectivity index (χ3v) is 10.4. The van der Waals surface area contributed by atoms with Crippen molar-refractivity contribution in [2.24, 2.45) is 0 Å². The van der Waals surface area contributed by atoms with Crippen LogP contribution in [0.15, 0.2) is 209 Å². The quantitative estimate of drug-likeness (QED) is 0.172. The first kappa shape index (κ1) is 24.8. The standard InChI is InChI=1S/C52H33NO2/c1-2-12-41-36(10-1)11-7-15-42(41)37-24-22-34(23-25-37)35-26-30-39(31-27-35)53(47-18-9-21-50-51(47)46-14-4-6-20-49(46)54-50)40-32-28-38(29-33-40)43-16-8-17-45-44-13-3-5-19-48(44)55-52(43)45/h1-33H/i1D,2D,7D,10D,11D,12D,15D. The zero-order chi connectivity index (χ0) is 42.4. The van der Waals surface area contributed by atoms with E-state index in [1.54, 1.807) is 12.1 Å². The van der Waals surface area contributed by atoms with E-state index in [0.29, 0.717) is 5.56 Å². The van der Waals surface area contributed by atoms with Gasteiger partial charge in [-0.3, -0.25) is 0 Å². The fourth-order valence-electron chi connectivity index (χ4n) is 7.80. The van der Waals surface area contributed by atoms with Gasteiger partial charge in [0.15, 0.2) is 0 Å². The summed E-state index contributed by atoms with van der Waals surface area (Å²) in [6, 6.07) is 50.1. The molecule has 0 spiro atoms. The molecule has 0 unspecified atom stereocenters. The second-order valence-corrected chi connectivity index (χ2v) is 13.5. The number of furan rings is 2. The smallest absolute Gasteiger partial charge is 0.143 e. The topological polar surface area (TPSA) is 29.5 Å². The van der Waals surface area contributed by atoms with Gasteiger partial charge < -0.3 is 13.7 Å². The molecular weight excluding hydrogens is 671 g/mol. The number of hydrogen-bond acceptors (Lipinski definition) is 3. The fraction of sp³-hybridized carbons (Fsp3) is 0. The number of nitrogens with zero attached hydrogens (tertiary/aromatic N) is 1. The Balaban J connectivity index is 1.00. The fourth-order valence-corrected chi connectivity index (χ4v) is 7.80. The first-order valence-corrected chi connectivity index (χ1v) is 18.1. The molecule has 0 N–H and O–H groups in total. The zero-order valence-corrected chi connectivity index (χ0v) is 29.3. The summed E-state index contributed by atoms with van der Waals surface area (Å²) in [5.41, 5.74) is 10.7. The number of fused-ring (bicyclic) bond motifs is 7. The summed E-state index contributed by atoms with van der Waals surface area (Å²) in [6.07, 6.45) is 0. The summed E-state index contributed by atoms with van der Waals surface area (Å²) in [5.74, 6) is 0. The van der Waals surface area contributed by atoms with Crippen LogP contribution in [0.3, 0.4) is 0 Å². The average Bonchev–Trinajstić information content (AvgIpc) is 3.89. The van der Waals surface area contributed by atoms with Gasteiger partial charge in [-0.25, -0.2) is 0 Å². The lowest BCUT2D eigenvalue weighted by atomic mass is 9.96. The predicted molar refractivity (Wildman–Crippen MR) is 229 cm³/mol. The summed E-state index contributed by atoms with van der Waals surface area (Å²) < 4.78 is 72.1. The van der Waals surface area contributed by atoms with Crippen LogP contribution < -0.4 is 4.90 Å². The molecule has 0 aliphatic rings. The zero-order valence-electron chi connectivity index (χ0n) is 36.3. The highest BCUT2D eigenvalue weighted by Gasteiger charge is 2.20. The highest BCUT2D eigenvalue weighted by molar-refractivity contribution is 6.13. The Morgan fingerprint density at radius 1 is 0.382 bits per heavy atom. The van der Waals surface area contributed by atoms with Crippen molar-refractivity contribution in [3.05, 3.63) is 200 Å². The van der Waals surface area contributed by atoms with Crippen molar-refractivity contribution >= 4 is 71.7 Å². The first-order chi connectivity index (χ1) is 30.2. The lowest BCUT2D eigenvalue weighted by molar-refractivity contribution is 0.669. The number of rotatable bonds is 6. The third-order valence-electron chi connectivity index (χ3n) is 10.4.